The first-order valence-corrected chi connectivity index (χ1v) is 15.5. The molecule has 2 heterocycles. The molecule has 1 aromatic rings. The van der Waals surface area contributed by atoms with Crippen LogP contribution in [0.3, 0.4) is 0 Å². The van der Waals surface area contributed by atoms with E-state index in [4.69, 9.17) is 13.6 Å². The molecular weight excluding hydrogens is 375 g/mol. The summed E-state index contributed by atoms with van der Waals surface area (Å²) in [5.41, 5.74) is -1.61. The molecule has 4 unspecified atom stereocenters. The molecule has 4 atom stereocenters. The Bertz CT molecular complexity index is 781. The molecule has 7 nitrogen and oxygen atoms in total. The summed E-state index contributed by atoms with van der Waals surface area (Å²) in [6.45, 7) is 14.1. The zero-order chi connectivity index (χ0) is 20.0. The minimum Gasteiger partial charge on any atom is -0.409 e. The van der Waals surface area contributed by atoms with Gasteiger partial charge in [-0.3, -0.25) is 13.9 Å². The van der Waals surface area contributed by atoms with Crippen LogP contribution in [0.1, 0.15) is 13.2 Å². The lowest BCUT2D eigenvalue weighted by Gasteiger charge is -2.34. The molecule has 0 aromatic carbocycles. The van der Waals surface area contributed by atoms with E-state index in [2.05, 4.69) is 19.6 Å². The molecular formula is C16H29FN2O5Si2. The lowest BCUT2D eigenvalue weighted by Crippen LogP contribution is -2.49. The number of hydrogen-bond donors (Lipinski definition) is 0. The van der Waals surface area contributed by atoms with Crippen molar-refractivity contribution in [2.75, 3.05) is 0 Å². The van der Waals surface area contributed by atoms with Crippen molar-refractivity contribution in [2.45, 2.75) is 70.7 Å². The van der Waals surface area contributed by atoms with E-state index in [1.807, 2.05) is 26.6 Å². The molecule has 1 saturated heterocycles. The summed E-state index contributed by atoms with van der Waals surface area (Å²) in [6.07, 6.45) is -1.21. The Kier molecular flexibility index (Phi) is 5.84. The predicted octanol–water partition coefficient (Wildman–Crippen LogP) is 2.04. The lowest BCUT2D eigenvalue weighted by atomic mass is 10.1. The van der Waals surface area contributed by atoms with Gasteiger partial charge in [0, 0.05) is 7.05 Å². The average Bonchev–Trinajstić information content (AvgIpc) is 2.74. The van der Waals surface area contributed by atoms with E-state index in [-0.39, 0.29) is 12.2 Å². The highest BCUT2D eigenvalue weighted by Crippen LogP contribution is 2.36. The van der Waals surface area contributed by atoms with Gasteiger partial charge in [-0.2, -0.15) is 4.39 Å². The van der Waals surface area contributed by atoms with Crippen LogP contribution in [0.15, 0.2) is 15.8 Å². The fourth-order valence-electron chi connectivity index (χ4n) is 2.97. The van der Waals surface area contributed by atoms with Crippen molar-refractivity contribution in [3.8, 4) is 0 Å². The Morgan fingerprint density at radius 1 is 1.04 bits per heavy atom. The third-order valence-electron chi connectivity index (χ3n) is 3.94. The second-order valence-corrected chi connectivity index (χ2v) is 17.6. The molecule has 1 aromatic heterocycles. The second-order valence-electron chi connectivity index (χ2n) is 8.65. The molecule has 0 amide bonds. The van der Waals surface area contributed by atoms with E-state index in [9.17, 15) is 14.0 Å². The van der Waals surface area contributed by atoms with Crippen LogP contribution in [0.5, 0.6) is 0 Å². The normalized spacial score (nSPS) is 27.1. The topological polar surface area (TPSA) is 71.7 Å². The van der Waals surface area contributed by atoms with E-state index in [0.717, 1.165) is 15.3 Å². The van der Waals surface area contributed by atoms with E-state index in [0.29, 0.717) is 0 Å². The highest BCUT2D eigenvalue weighted by Gasteiger charge is 2.48. The van der Waals surface area contributed by atoms with Gasteiger partial charge in [0.05, 0.1) is 12.3 Å². The molecule has 1 fully saturated rings. The number of ether oxygens (including phenoxy) is 1. The maximum absolute atomic E-state index is 14.0. The van der Waals surface area contributed by atoms with Crippen LogP contribution >= 0.6 is 0 Å². The van der Waals surface area contributed by atoms with Crippen LogP contribution in [0.2, 0.25) is 39.3 Å². The fourth-order valence-corrected chi connectivity index (χ4v) is 5.18. The minimum atomic E-state index is -2.02. The van der Waals surface area contributed by atoms with Crippen molar-refractivity contribution in [1.82, 2.24) is 9.13 Å². The third-order valence-corrected chi connectivity index (χ3v) is 5.90. The first-order chi connectivity index (χ1) is 11.7. The minimum absolute atomic E-state index is 0.333. The highest BCUT2D eigenvalue weighted by molar-refractivity contribution is 6.70. The Balaban J connectivity index is 2.53. The molecule has 1 aliphatic rings. The summed E-state index contributed by atoms with van der Waals surface area (Å²) in [6, 6.07) is 0. The molecule has 0 spiro atoms. The third kappa shape index (κ3) is 4.60. The summed E-state index contributed by atoms with van der Waals surface area (Å²) in [5, 5.41) is 0. The van der Waals surface area contributed by atoms with E-state index in [1.54, 1.807) is 0 Å². The zero-order valence-electron chi connectivity index (χ0n) is 16.7. The van der Waals surface area contributed by atoms with Crippen molar-refractivity contribution >= 4 is 16.6 Å². The fraction of sp³-hybridized carbons (Fsp3) is 0.750. The summed E-state index contributed by atoms with van der Waals surface area (Å²) >= 11 is 0. The molecule has 0 aliphatic carbocycles. The van der Waals surface area contributed by atoms with Gasteiger partial charge in [-0.25, -0.2) is 4.79 Å². The van der Waals surface area contributed by atoms with Crippen LogP contribution in [-0.2, 0) is 20.6 Å². The zero-order valence-corrected chi connectivity index (χ0v) is 18.7. The summed E-state index contributed by atoms with van der Waals surface area (Å²) in [5.74, 6) is -1.01. The molecule has 2 rings (SSSR count). The van der Waals surface area contributed by atoms with Gasteiger partial charge in [-0.05, 0) is 46.2 Å². The van der Waals surface area contributed by atoms with Crippen molar-refractivity contribution in [3.05, 3.63) is 32.9 Å². The molecule has 0 radical (unpaired) electrons. The average molecular weight is 405 g/mol. The largest absolute Gasteiger partial charge is 0.409 e. The van der Waals surface area contributed by atoms with Crippen molar-refractivity contribution in [1.29, 1.82) is 0 Å². The standard InChI is InChI=1S/C16H29FN2O5Si2/c1-10-12(23-25(3,4)5)13(24-26(6,7)8)15(22-10)19-9-11(17)14(20)18(2)16(19)21/h9-10,12-13,15H,1-8H3. The smallest absolute Gasteiger partial charge is 0.333 e. The first kappa shape index (κ1) is 21.2. The SMILES string of the molecule is CC1OC(n2cc(F)c(=O)n(C)c2=O)C(O[Si](C)(C)C)C1O[Si](C)(C)C. The Hall–Kier alpha value is -1.08. The van der Waals surface area contributed by atoms with Crippen LogP contribution in [0, 0.1) is 5.82 Å². The van der Waals surface area contributed by atoms with Gasteiger partial charge >= 0.3 is 5.69 Å². The lowest BCUT2D eigenvalue weighted by molar-refractivity contribution is -0.0311. The van der Waals surface area contributed by atoms with Crippen LogP contribution < -0.4 is 11.2 Å². The van der Waals surface area contributed by atoms with Gasteiger partial charge in [0.25, 0.3) is 5.56 Å². The van der Waals surface area contributed by atoms with Gasteiger partial charge in [-0.15, -0.1) is 0 Å². The van der Waals surface area contributed by atoms with Crippen molar-refractivity contribution in [2.24, 2.45) is 7.05 Å². The van der Waals surface area contributed by atoms with Gasteiger partial charge in [0.1, 0.15) is 12.2 Å². The maximum Gasteiger partial charge on any atom is 0.333 e. The number of aromatic nitrogens is 2. The number of rotatable bonds is 5. The number of halogens is 1. The van der Waals surface area contributed by atoms with Crippen LogP contribution in [0.25, 0.3) is 0 Å². The molecule has 1 aliphatic heterocycles. The van der Waals surface area contributed by atoms with E-state index < -0.39 is 46.0 Å². The van der Waals surface area contributed by atoms with Gasteiger partial charge in [0.2, 0.25) is 5.82 Å². The van der Waals surface area contributed by atoms with E-state index >= 15 is 0 Å². The Morgan fingerprint density at radius 3 is 2.04 bits per heavy atom. The Labute approximate surface area is 155 Å². The highest BCUT2D eigenvalue weighted by atomic mass is 28.4. The first-order valence-electron chi connectivity index (χ1n) is 8.70. The predicted molar refractivity (Wildman–Crippen MR) is 102 cm³/mol. The van der Waals surface area contributed by atoms with Gasteiger partial charge in [-0.1, -0.05) is 0 Å². The number of hydrogen-bond acceptors (Lipinski definition) is 5. The maximum atomic E-state index is 14.0. The summed E-state index contributed by atoms with van der Waals surface area (Å²) in [4.78, 5) is 24.2. The molecule has 0 saturated carbocycles. The summed E-state index contributed by atoms with van der Waals surface area (Å²) < 4.78 is 34.4. The molecule has 26 heavy (non-hydrogen) atoms. The number of nitrogens with zero attached hydrogens (tertiary/aromatic N) is 2. The van der Waals surface area contributed by atoms with Crippen molar-refractivity contribution < 1.29 is 18.0 Å². The van der Waals surface area contributed by atoms with Crippen LogP contribution in [0.4, 0.5) is 4.39 Å². The Morgan fingerprint density at radius 2 is 1.54 bits per heavy atom. The molecule has 0 bridgehead atoms. The van der Waals surface area contributed by atoms with Crippen molar-refractivity contribution in [3.63, 3.8) is 0 Å². The van der Waals surface area contributed by atoms with Gasteiger partial charge in [0.15, 0.2) is 22.9 Å². The molecule has 10 heteroatoms. The quantitative estimate of drug-likeness (QED) is 0.703. The van der Waals surface area contributed by atoms with Gasteiger partial charge < -0.3 is 13.6 Å². The van der Waals surface area contributed by atoms with E-state index in [1.165, 1.54) is 7.05 Å². The van der Waals surface area contributed by atoms with Crippen LogP contribution in [-0.4, -0.2) is 44.1 Å². The molecule has 148 valence electrons. The summed E-state index contributed by atoms with van der Waals surface area (Å²) in [7, 11) is -2.70. The molecule has 0 N–H and O–H groups in total. The monoisotopic (exact) mass is 404 g/mol. The second kappa shape index (κ2) is 7.15.